The van der Waals surface area contributed by atoms with Crippen molar-refractivity contribution < 1.29 is 23.1 Å². The van der Waals surface area contributed by atoms with Crippen LogP contribution >= 0.6 is 0 Å². The number of aromatic nitrogens is 3. The van der Waals surface area contributed by atoms with Gasteiger partial charge in [0.15, 0.2) is 11.6 Å². The number of carbonyl (C=O) groups excluding carboxylic acids is 2. The number of anilines is 2. The molecule has 11 nitrogen and oxygen atoms in total. The van der Waals surface area contributed by atoms with E-state index < -0.39 is 34.8 Å². The maximum atomic E-state index is 15.0. The molecular formula is C29H26F2N6O5. The van der Waals surface area contributed by atoms with Gasteiger partial charge in [-0.2, -0.15) is 0 Å². The summed E-state index contributed by atoms with van der Waals surface area (Å²) in [6, 6.07) is 10.9. The van der Waals surface area contributed by atoms with Crippen molar-refractivity contribution in [2.75, 3.05) is 24.7 Å². The molecule has 2 N–H and O–H groups in total. The fourth-order valence-corrected chi connectivity index (χ4v) is 4.04. The number of ether oxygens (including phenoxy) is 1. The standard InChI is InChI=1S/C29H26F2N6O5/c1-35(2)28(40)34-25-14-21(11-12-32-25)42-24-10-7-19(13-23(24)31)33-26(38)22-16-36(15-17-3-4-17)29(41)37(27(22)39)20-8-5-18(30)6-9-20/h5-14,16-17H,3-4,15H2,1-2H3,(H,33,38)(H,32,34,40). The second kappa shape index (κ2) is 11.6. The molecule has 1 fully saturated rings. The Morgan fingerprint density at radius 2 is 1.76 bits per heavy atom. The van der Waals surface area contributed by atoms with Gasteiger partial charge in [-0.15, -0.1) is 0 Å². The normalized spacial score (nSPS) is 12.5. The second-order valence-electron chi connectivity index (χ2n) is 9.94. The predicted octanol–water partition coefficient (Wildman–Crippen LogP) is 4.22. The van der Waals surface area contributed by atoms with Gasteiger partial charge in [-0.05, 0) is 61.2 Å². The van der Waals surface area contributed by atoms with Crippen LogP contribution in [0.25, 0.3) is 5.69 Å². The van der Waals surface area contributed by atoms with Gasteiger partial charge in [0, 0.05) is 50.9 Å². The first-order valence-corrected chi connectivity index (χ1v) is 12.9. The Morgan fingerprint density at radius 1 is 1.02 bits per heavy atom. The molecule has 3 amide bonds. The first-order valence-electron chi connectivity index (χ1n) is 12.9. The summed E-state index contributed by atoms with van der Waals surface area (Å²) in [4.78, 5) is 56.8. The van der Waals surface area contributed by atoms with Crippen molar-refractivity contribution in [3.05, 3.63) is 105 Å². The number of urea groups is 1. The molecule has 13 heteroatoms. The van der Waals surface area contributed by atoms with E-state index >= 15 is 0 Å². The Bertz CT molecular complexity index is 1780. The second-order valence-corrected chi connectivity index (χ2v) is 9.94. The molecule has 1 saturated carbocycles. The fraction of sp³-hybridized carbons (Fsp3) is 0.207. The lowest BCUT2D eigenvalue weighted by Gasteiger charge is -2.14. The van der Waals surface area contributed by atoms with Gasteiger partial charge < -0.3 is 15.0 Å². The molecule has 2 aromatic heterocycles. The number of rotatable bonds is 8. The van der Waals surface area contributed by atoms with Crippen LogP contribution in [0.1, 0.15) is 23.2 Å². The van der Waals surface area contributed by atoms with Crippen LogP contribution in [0.4, 0.5) is 25.1 Å². The zero-order valence-corrected chi connectivity index (χ0v) is 22.6. The summed E-state index contributed by atoms with van der Waals surface area (Å²) in [7, 11) is 3.13. The summed E-state index contributed by atoms with van der Waals surface area (Å²) in [6.45, 7) is 0.316. The average Bonchev–Trinajstić information content (AvgIpc) is 3.77. The number of benzene rings is 2. The van der Waals surface area contributed by atoms with Gasteiger partial charge in [-0.25, -0.2) is 27.9 Å². The molecule has 0 bridgehead atoms. The minimum Gasteiger partial charge on any atom is -0.454 e. The molecule has 0 radical (unpaired) electrons. The maximum Gasteiger partial charge on any atom is 0.335 e. The van der Waals surface area contributed by atoms with E-state index in [1.54, 1.807) is 14.1 Å². The highest BCUT2D eigenvalue weighted by Crippen LogP contribution is 2.30. The zero-order chi connectivity index (χ0) is 30.0. The molecule has 0 spiro atoms. The van der Waals surface area contributed by atoms with Crippen LogP contribution in [-0.4, -0.2) is 45.1 Å². The molecule has 1 aliphatic carbocycles. The van der Waals surface area contributed by atoms with E-state index in [4.69, 9.17) is 4.74 Å². The molecule has 1 aliphatic rings. The maximum absolute atomic E-state index is 15.0. The Morgan fingerprint density at radius 3 is 2.43 bits per heavy atom. The van der Waals surface area contributed by atoms with E-state index in [-0.39, 0.29) is 40.2 Å². The van der Waals surface area contributed by atoms with Gasteiger partial charge >= 0.3 is 11.7 Å². The molecule has 4 aromatic rings. The first kappa shape index (κ1) is 28.2. The highest BCUT2D eigenvalue weighted by atomic mass is 19.1. The number of carbonyl (C=O) groups is 2. The Hall–Kier alpha value is -5.33. The summed E-state index contributed by atoms with van der Waals surface area (Å²) in [6.07, 6.45) is 4.42. The third kappa shape index (κ3) is 6.35. The van der Waals surface area contributed by atoms with Crippen LogP contribution < -0.4 is 26.6 Å². The molecular weight excluding hydrogens is 550 g/mol. The lowest BCUT2D eigenvalue weighted by atomic mass is 10.2. The van der Waals surface area contributed by atoms with E-state index in [0.717, 1.165) is 35.6 Å². The van der Waals surface area contributed by atoms with Gasteiger partial charge in [0.1, 0.15) is 22.9 Å². The van der Waals surface area contributed by atoms with E-state index in [1.165, 1.54) is 58.3 Å². The van der Waals surface area contributed by atoms with Crippen molar-refractivity contribution in [2.45, 2.75) is 19.4 Å². The van der Waals surface area contributed by atoms with Gasteiger partial charge in [-0.3, -0.25) is 19.5 Å². The van der Waals surface area contributed by atoms with Crippen molar-refractivity contribution in [2.24, 2.45) is 5.92 Å². The Balaban J connectivity index is 1.38. The lowest BCUT2D eigenvalue weighted by molar-refractivity contribution is 0.102. The molecule has 0 saturated heterocycles. The first-order chi connectivity index (χ1) is 20.1. The monoisotopic (exact) mass is 576 g/mol. The van der Waals surface area contributed by atoms with Crippen LogP contribution in [0.3, 0.4) is 0 Å². The summed E-state index contributed by atoms with van der Waals surface area (Å²) in [5.74, 6) is -1.73. The van der Waals surface area contributed by atoms with Gasteiger partial charge in [-0.1, -0.05) is 0 Å². The molecule has 2 heterocycles. The zero-order valence-electron chi connectivity index (χ0n) is 22.6. The highest BCUT2D eigenvalue weighted by Gasteiger charge is 2.25. The topological polar surface area (TPSA) is 128 Å². The van der Waals surface area contributed by atoms with Crippen molar-refractivity contribution >= 4 is 23.4 Å². The number of nitrogens with one attached hydrogen (secondary N) is 2. The Labute approximate surface area is 238 Å². The molecule has 0 aliphatic heterocycles. The summed E-state index contributed by atoms with van der Waals surface area (Å²) < 4.78 is 36.1. The number of pyridine rings is 1. The van der Waals surface area contributed by atoms with Gasteiger partial charge in [0.05, 0.1) is 5.69 Å². The summed E-state index contributed by atoms with van der Waals surface area (Å²) in [5.41, 5.74) is -1.75. The molecule has 42 heavy (non-hydrogen) atoms. The smallest absolute Gasteiger partial charge is 0.335 e. The van der Waals surface area contributed by atoms with Crippen molar-refractivity contribution in [3.63, 3.8) is 0 Å². The van der Waals surface area contributed by atoms with Gasteiger partial charge in [0.2, 0.25) is 0 Å². The van der Waals surface area contributed by atoms with Crippen LogP contribution in [0, 0.1) is 17.6 Å². The SMILES string of the molecule is CN(C)C(=O)Nc1cc(Oc2ccc(NC(=O)c3cn(CC4CC4)c(=O)n(-c4ccc(F)cc4)c3=O)cc2F)ccn1. The van der Waals surface area contributed by atoms with Crippen LogP contribution in [0.2, 0.25) is 0 Å². The van der Waals surface area contributed by atoms with E-state index in [9.17, 15) is 28.0 Å². The lowest BCUT2D eigenvalue weighted by Crippen LogP contribution is -2.42. The largest absolute Gasteiger partial charge is 0.454 e. The van der Waals surface area contributed by atoms with E-state index in [2.05, 4.69) is 15.6 Å². The van der Waals surface area contributed by atoms with E-state index in [1.807, 2.05) is 0 Å². The number of nitrogens with zero attached hydrogens (tertiary/aromatic N) is 4. The Kier molecular flexibility index (Phi) is 7.82. The minimum atomic E-state index is -0.897. The van der Waals surface area contributed by atoms with Crippen LogP contribution in [0.5, 0.6) is 11.5 Å². The number of amides is 3. The molecule has 0 atom stereocenters. The van der Waals surface area contributed by atoms with Crippen molar-refractivity contribution in [1.29, 1.82) is 0 Å². The molecule has 0 unspecified atom stereocenters. The van der Waals surface area contributed by atoms with E-state index in [0.29, 0.717) is 6.54 Å². The molecule has 2 aromatic carbocycles. The molecule has 5 rings (SSSR count). The quantitative estimate of drug-likeness (QED) is 0.323. The van der Waals surface area contributed by atoms with Crippen molar-refractivity contribution in [1.82, 2.24) is 19.0 Å². The predicted molar refractivity (Wildman–Crippen MR) is 150 cm³/mol. The number of hydrogen-bond donors (Lipinski definition) is 2. The third-order valence-electron chi connectivity index (χ3n) is 6.43. The minimum absolute atomic E-state index is 0.0335. The van der Waals surface area contributed by atoms with Crippen LogP contribution in [-0.2, 0) is 6.54 Å². The molecule has 216 valence electrons. The number of hydrogen-bond acceptors (Lipinski definition) is 6. The van der Waals surface area contributed by atoms with Crippen LogP contribution in [0.15, 0.2) is 76.6 Å². The fourth-order valence-electron chi connectivity index (χ4n) is 4.04. The van der Waals surface area contributed by atoms with Crippen molar-refractivity contribution in [3.8, 4) is 17.2 Å². The summed E-state index contributed by atoms with van der Waals surface area (Å²) >= 11 is 0. The number of halogens is 2. The third-order valence-corrected chi connectivity index (χ3v) is 6.43. The average molecular weight is 577 g/mol. The summed E-state index contributed by atoms with van der Waals surface area (Å²) in [5, 5.41) is 5.05. The highest BCUT2D eigenvalue weighted by molar-refractivity contribution is 6.03. The van der Waals surface area contributed by atoms with Gasteiger partial charge in [0.25, 0.3) is 11.5 Å².